The summed E-state index contributed by atoms with van der Waals surface area (Å²) in [4.78, 5) is 0.684. The fraction of sp³-hybridized carbons (Fsp3) is 0.286. The van der Waals surface area contributed by atoms with Crippen molar-refractivity contribution in [2.45, 2.75) is 6.04 Å². The van der Waals surface area contributed by atoms with Crippen LogP contribution in [-0.4, -0.2) is 6.54 Å². The fourth-order valence-corrected chi connectivity index (χ4v) is 1.50. The molecule has 0 saturated carbocycles. The molecule has 0 radical (unpaired) electrons. The smallest absolute Gasteiger partial charge is 0.110 e. The zero-order chi connectivity index (χ0) is 8.27. The van der Waals surface area contributed by atoms with Crippen molar-refractivity contribution in [1.29, 1.82) is 5.26 Å². The Morgan fingerprint density at radius 3 is 2.91 bits per heavy atom. The molecule has 3 nitrogen and oxygen atoms in total. The molecule has 1 heterocycles. The molecule has 0 bridgehead atoms. The van der Waals surface area contributed by atoms with Crippen LogP contribution < -0.4 is 11.5 Å². The first-order chi connectivity index (χ1) is 5.27. The van der Waals surface area contributed by atoms with E-state index in [2.05, 4.69) is 0 Å². The summed E-state index contributed by atoms with van der Waals surface area (Å²) in [5, 5.41) is 10.4. The Morgan fingerprint density at radius 2 is 2.45 bits per heavy atom. The minimum atomic E-state index is -0.131. The lowest BCUT2D eigenvalue weighted by Crippen LogP contribution is -2.19. The second-order valence-electron chi connectivity index (χ2n) is 2.20. The molecule has 11 heavy (non-hydrogen) atoms. The first kappa shape index (κ1) is 8.21. The maximum atomic E-state index is 8.49. The molecule has 1 rings (SSSR count). The lowest BCUT2D eigenvalue weighted by molar-refractivity contribution is 0.740. The molecule has 0 fully saturated rings. The van der Waals surface area contributed by atoms with E-state index >= 15 is 0 Å². The van der Waals surface area contributed by atoms with Crippen molar-refractivity contribution in [3.8, 4) is 6.07 Å². The minimum Gasteiger partial charge on any atom is -0.329 e. The first-order valence-corrected chi connectivity index (χ1v) is 4.10. The van der Waals surface area contributed by atoms with Crippen molar-refractivity contribution in [2.75, 3.05) is 6.54 Å². The van der Waals surface area contributed by atoms with Gasteiger partial charge in [0, 0.05) is 12.6 Å². The quantitative estimate of drug-likeness (QED) is 0.676. The SMILES string of the molecule is N#Cc1cc([C@H](N)CN)cs1. The van der Waals surface area contributed by atoms with Crippen molar-refractivity contribution in [3.63, 3.8) is 0 Å². The number of rotatable bonds is 2. The van der Waals surface area contributed by atoms with Crippen LogP contribution in [0, 0.1) is 11.3 Å². The average Bonchev–Trinajstić information content (AvgIpc) is 2.50. The first-order valence-electron chi connectivity index (χ1n) is 3.22. The third-order valence-corrected chi connectivity index (χ3v) is 2.27. The van der Waals surface area contributed by atoms with Crippen LogP contribution in [0.5, 0.6) is 0 Å². The van der Waals surface area contributed by atoms with Gasteiger partial charge in [0.1, 0.15) is 10.9 Å². The number of thiophene rings is 1. The van der Waals surface area contributed by atoms with Crippen LogP contribution >= 0.6 is 11.3 Å². The molecule has 0 amide bonds. The molecule has 1 aromatic rings. The van der Waals surface area contributed by atoms with E-state index in [1.54, 1.807) is 6.07 Å². The normalized spacial score (nSPS) is 12.5. The summed E-state index contributed by atoms with van der Waals surface area (Å²) >= 11 is 1.40. The topological polar surface area (TPSA) is 75.8 Å². The van der Waals surface area contributed by atoms with Crippen molar-refractivity contribution in [1.82, 2.24) is 0 Å². The predicted molar refractivity (Wildman–Crippen MR) is 45.0 cm³/mol. The number of hydrogen-bond donors (Lipinski definition) is 2. The molecule has 0 aliphatic rings. The lowest BCUT2D eigenvalue weighted by atomic mass is 10.1. The molecule has 0 aromatic carbocycles. The van der Waals surface area contributed by atoms with Crippen LogP contribution in [-0.2, 0) is 0 Å². The van der Waals surface area contributed by atoms with Crippen LogP contribution in [0.15, 0.2) is 11.4 Å². The summed E-state index contributed by atoms with van der Waals surface area (Å²) in [6.45, 7) is 0.418. The van der Waals surface area contributed by atoms with E-state index in [1.165, 1.54) is 11.3 Å². The molecule has 4 heteroatoms. The van der Waals surface area contributed by atoms with E-state index in [9.17, 15) is 0 Å². The van der Waals surface area contributed by atoms with Gasteiger partial charge in [0.05, 0.1) is 0 Å². The molecule has 1 aromatic heterocycles. The van der Waals surface area contributed by atoms with Gasteiger partial charge in [-0.2, -0.15) is 5.26 Å². The summed E-state index contributed by atoms with van der Waals surface area (Å²) < 4.78 is 0. The second-order valence-corrected chi connectivity index (χ2v) is 3.11. The van der Waals surface area contributed by atoms with Gasteiger partial charge in [-0.1, -0.05) is 0 Å². The Morgan fingerprint density at radius 1 is 1.73 bits per heavy atom. The van der Waals surface area contributed by atoms with Crippen LogP contribution in [0.2, 0.25) is 0 Å². The molecule has 0 unspecified atom stereocenters. The van der Waals surface area contributed by atoms with Crippen molar-refractivity contribution in [2.24, 2.45) is 11.5 Å². The summed E-state index contributed by atoms with van der Waals surface area (Å²) in [5.74, 6) is 0. The molecule has 0 aliphatic carbocycles. The van der Waals surface area contributed by atoms with E-state index in [0.717, 1.165) is 5.56 Å². The van der Waals surface area contributed by atoms with Crippen molar-refractivity contribution >= 4 is 11.3 Å². The Hall–Kier alpha value is -0.890. The molecule has 1 atom stereocenters. The maximum Gasteiger partial charge on any atom is 0.110 e. The zero-order valence-electron chi connectivity index (χ0n) is 5.95. The Kier molecular flexibility index (Phi) is 2.60. The van der Waals surface area contributed by atoms with Crippen molar-refractivity contribution in [3.05, 3.63) is 21.9 Å². The van der Waals surface area contributed by atoms with Crippen molar-refractivity contribution < 1.29 is 0 Å². The van der Waals surface area contributed by atoms with Gasteiger partial charge in [0.2, 0.25) is 0 Å². The molecule has 0 saturated heterocycles. The molecular formula is C7H9N3S. The third-order valence-electron chi connectivity index (χ3n) is 1.41. The molecular weight excluding hydrogens is 158 g/mol. The summed E-state index contributed by atoms with van der Waals surface area (Å²) in [6, 6.07) is 3.70. The highest BCUT2D eigenvalue weighted by Gasteiger charge is 2.05. The Balaban J connectivity index is 2.82. The molecule has 0 spiro atoms. The van der Waals surface area contributed by atoms with E-state index in [1.807, 2.05) is 11.4 Å². The monoisotopic (exact) mass is 167 g/mol. The highest BCUT2D eigenvalue weighted by atomic mass is 32.1. The van der Waals surface area contributed by atoms with Gasteiger partial charge in [-0.15, -0.1) is 11.3 Å². The number of nitrogens with two attached hydrogens (primary N) is 2. The summed E-state index contributed by atoms with van der Waals surface area (Å²) in [7, 11) is 0. The van der Waals surface area contributed by atoms with E-state index in [-0.39, 0.29) is 6.04 Å². The van der Waals surface area contributed by atoms with Gasteiger partial charge in [-0.25, -0.2) is 0 Å². The van der Waals surface area contributed by atoms with Crippen LogP contribution in [0.1, 0.15) is 16.5 Å². The van der Waals surface area contributed by atoms with E-state index in [0.29, 0.717) is 11.4 Å². The average molecular weight is 167 g/mol. The summed E-state index contributed by atoms with van der Waals surface area (Å²) in [6.07, 6.45) is 0. The standard InChI is InChI=1S/C7H9N3S/c8-2-6-1-5(4-11-6)7(10)3-9/h1,4,7H,3,9-10H2/t7-/m1/s1. The van der Waals surface area contributed by atoms with Gasteiger partial charge in [0.25, 0.3) is 0 Å². The lowest BCUT2D eigenvalue weighted by Gasteiger charge is -2.03. The van der Waals surface area contributed by atoms with Gasteiger partial charge < -0.3 is 11.5 Å². The fourth-order valence-electron chi connectivity index (χ4n) is 0.740. The molecule has 4 N–H and O–H groups in total. The Labute approximate surface area is 69.2 Å². The zero-order valence-corrected chi connectivity index (χ0v) is 6.77. The van der Waals surface area contributed by atoms with Gasteiger partial charge in [-0.05, 0) is 17.0 Å². The van der Waals surface area contributed by atoms with Gasteiger partial charge in [-0.3, -0.25) is 0 Å². The number of nitrogens with zero attached hydrogens (tertiary/aromatic N) is 1. The second kappa shape index (κ2) is 3.49. The minimum absolute atomic E-state index is 0.131. The third kappa shape index (κ3) is 1.77. The number of nitriles is 1. The van der Waals surface area contributed by atoms with Gasteiger partial charge in [0.15, 0.2) is 0 Å². The van der Waals surface area contributed by atoms with E-state index in [4.69, 9.17) is 16.7 Å². The largest absolute Gasteiger partial charge is 0.329 e. The highest BCUT2D eigenvalue weighted by Crippen LogP contribution is 2.17. The van der Waals surface area contributed by atoms with Gasteiger partial charge >= 0.3 is 0 Å². The number of hydrogen-bond acceptors (Lipinski definition) is 4. The molecule has 0 aliphatic heterocycles. The summed E-state index contributed by atoms with van der Waals surface area (Å²) in [5.41, 5.74) is 11.9. The van der Waals surface area contributed by atoms with Crippen LogP contribution in [0.3, 0.4) is 0 Å². The predicted octanol–water partition coefficient (Wildman–Crippen LogP) is 0.578. The van der Waals surface area contributed by atoms with E-state index < -0.39 is 0 Å². The van der Waals surface area contributed by atoms with Crippen LogP contribution in [0.4, 0.5) is 0 Å². The highest BCUT2D eigenvalue weighted by molar-refractivity contribution is 7.10. The molecule has 58 valence electrons. The Bertz CT molecular complexity index is 273. The maximum absolute atomic E-state index is 8.49. The van der Waals surface area contributed by atoms with Crippen LogP contribution in [0.25, 0.3) is 0 Å².